The van der Waals surface area contributed by atoms with Crippen LogP contribution in [0, 0.1) is 19.7 Å². The highest BCUT2D eigenvalue weighted by atomic mass is 32.2. The average molecular weight is 488 g/mol. The topological polar surface area (TPSA) is 80.0 Å². The van der Waals surface area contributed by atoms with Gasteiger partial charge in [0, 0.05) is 18.2 Å². The Morgan fingerprint density at radius 3 is 2.62 bits per heavy atom. The van der Waals surface area contributed by atoms with Gasteiger partial charge in [-0.15, -0.1) is 0 Å². The number of furan rings is 1. The number of aryl methyl sites for hydroxylation is 1. The van der Waals surface area contributed by atoms with Gasteiger partial charge in [-0.3, -0.25) is 4.90 Å². The van der Waals surface area contributed by atoms with Gasteiger partial charge in [-0.2, -0.15) is 0 Å². The monoisotopic (exact) mass is 487 g/mol. The molecule has 1 aromatic heterocycles. The lowest BCUT2D eigenvalue weighted by Crippen LogP contribution is -2.42. The third-order valence-corrected chi connectivity index (χ3v) is 8.06. The Labute approximate surface area is 199 Å². The Morgan fingerprint density at radius 1 is 1.15 bits per heavy atom. The number of hydrogen-bond acceptors (Lipinski definition) is 6. The maximum Gasteiger partial charge on any atom is 0.151 e. The minimum absolute atomic E-state index is 0.0586. The quantitative estimate of drug-likeness (QED) is 0.489. The van der Waals surface area contributed by atoms with Crippen molar-refractivity contribution in [2.24, 2.45) is 0 Å². The second-order valence-corrected chi connectivity index (χ2v) is 11.2. The summed E-state index contributed by atoms with van der Waals surface area (Å²) in [6, 6.07) is 15.3. The van der Waals surface area contributed by atoms with Crippen LogP contribution >= 0.6 is 0 Å². The van der Waals surface area contributed by atoms with Crippen LogP contribution in [0.4, 0.5) is 4.39 Å². The minimum Gasteiger partial charge on any atom is -0.491 e. The van der Waals surface area contributed by atoms with Crippen molar-refractivity contribution in [3.8, 4) is 17.1 Å². The van der Waals surface area contributed by atoms with E-state index in [0.29, 0.717) is 24.5 Å². The average Bonchev–Trinajstić information content (AvgIpc) is 3.41. The highest BCUT2D eigenvalue weighted by Gasteiger charge is 2.33. The lowest BCUT2D eigenvalue weighted by atomic mass is 10.1. The zero-order chi connectivity index (χ0) is 24.3. The first-order chi connectivity index (χ1) is 16.2. The molecule has 0 amide bonds. The Kier molecular flexibility index (Phi) is 7.40. The maximum absolute atomic E-state index is 13.2. The standard InChI is InChI=1S/C26H30FNO5S/c1-18-4-3-5-25(19(18)2)32-16-23(29)14-28(22-12-13-34(30,31)17-22)15-24-10-11-26(33-24)20-6-8-21(27)9-7-20/h3-11,22-23,29H,12-17H2,1-2H3. The molecule has 1 aliphatic heterocycles. The summed E-state index contributed by atoms with van der Waals surface area (Å²) in [7, 11) is -3.10. The van der Waals surface area contributed by atoms with Crippen LogP contribution < -0.4 is 4.74 Å². The van der Waals surface area contributed by atoms with Gasteiger partial charge in [0.1, 0.15) is 35.8 Å². The molecule has 4 rings (SSSR count). The molecule has 0 bridgehead atoms. The van der Waals surface area contributed by atoms with Crippen LogP contribution in [0.15, 0.2) is 59.0 Å². The summed E-state index contributed by atoms with van der Waals surface area (Å²) in [6.45, 7) is 4.67. The van der Waals surface area contributed by atoms with E-state index < -0.39 is 15.9 Å². The van der Waals surface area contributed by atoms with Crippen molar-refractivity contribution in [1.82, 2.24) is 4.90 Å². The van der Waals surface area contributed by atoms with E-state index in [0.717, 1.165) is 22.4 Å². The Hall–Kier alpha value is -2.68. The van der Waals surface area contributed by atoms with Crippen molar-refractivity contribution >= 4 is 9.84 Å². The fourth-order valence-corrected chi connectivity index (χ4v) is 5.99. The zero-order valence-electron chi connectivity index (χ0n) is 19.4. The predicted molar refractivity (Wildman–Crippen MR) is 129 cm³/mol. The van der Waals surface area contributed by atoms with Crippen LogP contribution in [-0.4, -0.2) is 55.2 Å². The van der Waals surface area contributed by atoms with Crippen LogP contribution in [0.1, 0.15) is 23.3 Å². The molecule has 2 unspecified atom stereocenters. The summed E-state index contributed by atoms with van der Waals surface area (Å²) in [5.41, 5.74) is 2.89. The van der Waals surface area contributed by atoms with Crippen LogP contribution in [0.3, 0.4) is 0 Å². The van der Waals surface area contributed by atoms with Crippen molar-refractivity contribution in [2.45, 2.75) is 39.0 Å². The fraction of sp³-hybridized carbons (Fsp3) is 0.385. The summed E-state index contributed by atoms with van der Waals surface area (Å²) < 4.78 is 49.3. The van der Waals surface area contributed by atoms with Crippen molar-refractivity contribution < 1.29 is 27.1 Å². The molecule has 0 aliphatic carbocycles. The van der Waals surface area contributed by atoms with E-state index in [1.165, 1.54) is 12.1 Å². The van der Waals surface area contributed by atoms with E-state index in [1.807, 2.05) is 49.1 Å². The third kappa shape index (κ3) is 6.05. The zero-order valence-corrected chi connectivity index (χ0v) is 20.2. The molecule has 1 N–H and O–H groups in total. The number of ether oxygens (including phenoxy) is 1. The summed E-state index contributed by atoms with van der Waals surface area (Å²) >= 11 is 0. The van der Waals surface area contributed by atoms with Crippen molar-refractivity contribution in [2.75, 3.05) is 24.7 Å². The highest BCUT2D eigenvalue weighted by Crippen LogP contribution is 2.26. The van der Waals surface area contributed by atoms with Gasteiger partial charge in [0.15, 0.2) is 9.84 Å². The molecule has 1 aliphatic rings. The molecule has 34 heavy (non-hydrogen) atoms. The Bertz CT molecular complexity index is 1220. The van der Waals surface area contributed by atoms with Gasteiger partial charge < -0.3 is 14.3 Å². The molecule has 2 atom stereocenters. The first kappa shape index (κ1) is 24.4. The predicted octanol–water partition coefficient (Wildman–Crippen LogP) is 4.13. The number of benzene rings is 2. The van der Waals surface area contributed by atoms with Crippen molar-refractivity contribution in [1.29, 1.82) is 0 Å². The molecule has 2 heterocycles. The molecule has 0 saturated carbocycles. The molecule has 3 aromatic rings. The number of hydrogen-bond donors (Lipinski definition) is 1. The van der Waals surface area contributed by atoms with Gasteiger partial charge in [0.25, 0.3) is 0 Å². The maximum atomic E-state index is 13.2. The molecule has 2 aromatic carbocycles. The van der Waals surface area contributed by atoms with E-state index in [1.54, 1.807) is 12.1 Å². The van der Waals surface area contributed by atoms with Gasteiger partial charge in [-0.05, 0) is 73.9 Å². The fourth-order valence-electron chi connectivity index (χ4n) is 4.23. The van der Waals surface area contributed by atoms with E-state index in [9.17, 15) is 17.9 Å². The van der Waals surface area contributed by atoms with Crippen LogP contribution in [0.2, 0.25) is 0 Å². The number of nitrogens with zero attached hydrogens (tertiary/aromatic N) is 1. The first-order valence-corrected chi connectivity index (χ1v) is 13.2. The van der Waals surface area contributed by atoms with Crippen LogP contribution in [0.25, 0.3) is 11.3 Å². The summed E-state index contributed by atoms with van der Waals surface area (Å²) in [5.74, 6) is 1.86. The highest BCUT2D eigenvalue weighted by molar-refractivity contribution is 7.91. The molecule has 0 spiro atoms. The lowest BCUT2D eigenvalue weighted by Gasteiger charge is -2.29. The Morgan fingerprint density at radius 2 is 1.91 bits per heavy atom. The Balaban J connectivity index is 1.45. The number of halogens is 1. The molecular weight excluding hydrogens is 457 g/mol. The molecular formula is C26H30FNO5S. The molecule has 0 radical (unpaired) electrons. The van der Waals surface area contributed by atoms with E-state index in [-0.39, 0.29) is 36.5 Å². The van der Waals surface area contributed by atoms with Gasteiger partial charge >= 0.3 is 0 Å². The summed E-state index contributed by atoms with van der Waals surface area (Å²) in [5, 5.41) is 10.7. The SMILES string of the molecule is Cc1cccc(OCC(O)CN(Cc2ccc(-c3ccc(F)cc3)o2)C2CCS(=O)(=O)C2)c1C. The van der Waals surface area contributed by atoms with E-state index in [4.69, 9.17) is 9.15 Å². The van der Waals surface area contributed by atoms with Gasteiger partial charge in [-0.1, -0.05) is 12.1 Å². The van der Waals surface area contributed by atoms with Crippen molar-refractivity contribution in [3.05, 3.63) is 77.3 Å². The van der Waals surface area contributed by atoms with E-state index >= 15 is 0 Å². The normalized spacial score (nSPS) is 18.3. The largest absolute Gasteiger partial charge is 0.491 e. The number of aliphatic hydroxyl groups excluding tert-OH is 1. The van der Waals surface area contributed by atoms with Gasteiger partial charge in [0.2, 0.25) is 0 Å². The van der Waals surface area contributed by atoms with Crippen LogP contribution in [0.5, 0.6) is 5.75 Å². The summed E-state index contributed by atoms with van der Waals surface area (Å²) in [6.07, 6.45) is -0.298. The van der Waals surface area contributed by atoms with Gasteiger partial charge in [-0.25, -0.2) is 12.8 Å². The summed E-state index contributed by atoms with van der Waals surface area (Å²) in [4.78, 5) is 1.95. The smallest absolute Gasteiger partial charge is 0.151 e. The van der Waals surface area contributed by atoms with Crippen LogP contribution in [-0.2, 0) is 16.4 Å². The second-order valence-electron chi connectivity index (χ2n) is 8.92. The molecule has 1 fully saturated rings. The number of aliphatic hydroxyl groups is 1. The third-order valence-electron chi connectivity index (χ3n) is 6.31. The lowest BCUT2D eigenvalue weighted by molar-refractivity contribution is 0.0496. The molecule has 1 saturated heterocycles. The van der Waals surface area contributed by atoms with Gasteiger partial charge in [0.05, 0.1) is 18.1 Å². The van der Waals surface area contributed by atoms with E-state index in [2.05, 4.69) is 0 Å². The minimum atomic E-state index is -3.10. The second kappa shape index (κ2) is 10.3. The molecule has 6 nitrogen and oxygen atoms in total. The molecule has 182 valence electrons. The first-order valence-electron chi connectivity index (χ1n) is 11.4. The number of sulfone groups is 1. The van der Waals surface area contributed by atoms with Crippen molar-refractivity contribution in [3.63, 3.8) is 0 Å². The molecule has 8 heteroatoms. The number of rotatable bonds is 9.